The van der Waals surface area contributed by atoms with Crippen molar-refractivity contribution >= 4 is 5.91 Å². The minimum Gasteiger partial charge on any atom is -0.355 e. The maximum atomic E-state index is 12.2. The van der Waals surface area contributed by atoms with E-state index in [-0.39, 0.29) is 5.91 Å². The number of aromatic nitrogens is 2. The fourth-order valence-electron chi connectivity index (χ4n) is 3.84. The van der Waals surface area contributed by atoms with Crippen LogP contribution in [0.25, 0.3) is 0 Å². The molecule has 0 saturated carbocycles. The monoisotopic (exact) mass is 330 g/mol. The number of amides is 1. The quantitative estimate of drug-likeness (QED) is 0.789. The van der Waals surface area contributed by atoms with Gasteiger partial charge in [0.15, 0.2) is 0 Å². The van der Waals surface area contributed by atoms with Crippen molar-refractivity contribution in [3.63, 3.8) is 0 Å². The van der Waals surface area contributed by atoms with Crippen molar-refractivity contribution in [2.24, 2.45) is 0 Å². The van der Waals surface area contributed by atoms with Crippen LogP contribution in [0.15, 0.2) is 17.7 Å². The standard InChI is InChI=1S/C19H30N4O/c1-15-12-18(22-21-15)17-8-5-11-23(13-17)14-19(24)20-10-9-16-6-3-2-4-7-16/h6,12,17H,2-5,7-11,13-14H2,1H3,(H,20,24)(H,21,22). The van der Waals surface area contributed by atoms with E-state index in [1.807, 2.05) is 6.92 Å². The van der Waals surface area contributed by atoms with Crippen molar-refractivity contribution in [3.8, 4) is 0 Å². The molecule has 1 atom stereocenters. The molecule has 1 aliphatic heterocycles. The van der Waals surface area contributed by atoms with Crippen LogP contribution in [0.5, 0.6) is 0 Å². The molecular weight excluding hydrogens is 300 g/mol. The van der Waals surface area contributed by atoms with Crippen molar-refractivity contribution in [1.82, 2.24) is 20.4 Å². The van der Waals surface area contributed by atoms with Crippen LogP contribution < -0.4 is 5.32 Å². The zero-order chi connectivity index (χ0) is 16.8. The second kappa shape index (κ2) is 8.47. The molecule has 1 aromatic rings. The normalized spacial score (nSPS) is 22.2. The number of nitrogens with one attached hydrogen (secondary N) is 2. The third-order valence-corrected chi connectivity index (χ3v) is 5.17. The van der Waals surface area contributed by atoms with Crippen molar-refractivity contribution in [2.75, 3.05) is 26.2 Å². The van der Waals surface area contributed by atoms with Crippen LogP contribution >= 0.6 is 0 Å². The average molecular weight is 330 g/mol. The smallest absolute Gasteiger partial charge is 0.234 e. The van der Waals surface area contributed by atoms with E-state index in [1.54, 1.807) is 0 Å². The van der Waals surface area contributed by atoms with Gasteiger partial charge in [0.1, 0.15) is 0 Å². The lowest BCUT2D eigenvalue weighted by molar-refractivity contribution is -0.122. The highest BCUT2D eigenvalue weighted by molar-refractivity contribution is 5.78. The molecule has 1 saturated heterocycles. The van der Waals surface area contributed by atoms with Gasteiger partial charge in [-0.1, -0.05) is 11.6 Å². The first-order valence-corrected chi connectivity index (χ1v) is 9.39. The summed E-state index contributed by atoms with van der Waals surface area (Å²) in [7, 11) is 0. The molecule has 1 aliphatic carbocycles. The van der Waals surface area contributed by atoms with Crippen molar-refractivity contribution in [2.45, 2.75) is 57.8 Å². The molecule has 5 heteroatoms. The maximum Gasteiger partial charge on any atom is 0.234 e. The van der Waals surface area contributed by atoms with E-state index in [0.717, 1.165) is 50.3 Å². The van der Waals surface area contributed by atoms with Crippen molar-refractivity contribution < 1.29 is 4.79 Å². The van der Waals surface area contributed by atoms with Gasteiger partial charge in [-0.2, -0.15) is 5.10 Å². The van der Waals surface area contributed by atoms with E-state index in [1.165, 1.54) is 31.3 Å². The van der Waals surface area contributed by atoms with Gasteiger partial charge in [-0.05, 0) is 64.5 Å². The third kappa shape index (κ3) is 4.94. The Hall–Kier alpha value is -1.62. The molecule has 2 heterocycles. The largest absolute Gasteiger partial charge is 0.355 e. The molecule has 24 heavy (non-hydrogen) atoms. The Bertz CT molecular complexity index is 578. The molecule has 2 aliphatic rings. The molecular formula is C19H30N4O. The number of nitrogens with zero attached hydrogens (tertiary/aromatic N) is 2. The topological polar surface area (TPSA) is 61.0 Å². The number of piperidine rings is 1. The van der Waals surface area contributed by atoms with Gasteiger partial charge in [-0.3, -0.25) is 14.8 Å². The summed E-state index contributed by atoms with van der Waals surface area (Å²) in [4.78, 5) is 14.5. The van der Waals surface area contributed by atoms with Gasteiger partial charge in [-0.25, -0.2) is 0 Å². The lowest BCUT2D eigenvalue weighted by Crippen LogP contribution is -2.42. The fraction of sp³-hybridized carbons (Fsp3) is 0.684. The minimum atomic E-state index is 0.158. The Morgan fingerprint density at radius 3 is 3.08 bits per heavy atom. The van der Waals surface area contributed by atoms with E-state index >= 15 is 0 Å². The first kappa shape index (κ1) is 17.2. The first-order valence-electron chi connectivity index (χ1n) is 9.39. The van der Waals surface area contributed by atoms with Gasteiger partial charge in [-0.15, -0.1) is 0 Å². The summed E-state index contributed by atoms with van der Waals surface area (Å²) in [6, 6.07) is 2.13. The summed E-state index contributed by atoms with van der Waals surface area (Å²) >= 11 is 0. The van der Waals surface area contributed by atoms with Gasteiger partial charge >= 0.3 is 0 Å². The summed E-state index contributed by atoms with van der Waals surface area (Å²) in [5, 5.41) is 10.5. The number of hydrogen-bond acceptors (Lipinski definition) is 3. The number of aryl methyl sites for hydroxylation is 1. The third-order valence-electron chi connectivity index (χ3n) is 5.17. The number of aromatic amines is 1. The molecule has 0 radical (unpaired) electrons. The average Bonchev–Trinajstić information content (AvgIpc) is 3.03. The minimum absolute atomic E-state index is 0.158. The maximum absolute atomic E-state index is 12.2. The van der Waals surface area contributed by atoms with Crippen molar-refractivity contribution in [1.29, 1.82) is 0 Å². The number of hydrogen-bond donors (Lipinski definition) is 2. The van der Waals surface area contributed by atoms with E-state index in [4.69, 9.17) is 0 Å². The fourth-order valence-corrected chi connectivity index (χ4v) is 3.84. The second-order valence-electron chi connectivity index (χ2n) is 7.26. The van der Waals surface area contributed by atoms with Crippen LogP contribution in [-0.4, -0.2) is 47.2 Å². The highest BCUT2D eigenvalue weighted by Gasteiger charge is 2.24. The summed E-state index contributed by atoms with van der Waals surface area (Å²) in [6.07, 6.45) is 10.7. The molecule has 1 fully saturated rings. The van der Waals surface area contributed by atoms with Crippen LogP contribution in [0.3, 0.4) is 0 Å². The van der Waals surface area contributed by atoms with Crippen LogP contribution in [0.1, 0.15) is 62.3 Å². The summed E-state index contributed by atoms with van der Waals surface area (Å²) in [5.74, 6) is 0.606. The molecule has 3 rings (SSSR count). The van der Waals surface area contributed by atoms with Crippen molar-refractivity contribution in [3.05, 3.63) is 29.1 Å². The van der Waals surface area contributed by atoms with E-state index in [0.29, 0.717) is 12.5 Å². The first-order chi connectivity index (χ1) is 11.7. The Kier molecular flexibility index (Phi) is 6.07. The van der Waals surface area contributed by atoms with E-state index in [2.05, 4.69) is 32.6 Å². The second-order valence-corrected chi connectivity index (χ2v) is 7.26. The molecule has 0 bridgehead atoms. The lowest BCUT2D eigenvalue weighted by atomic mass is 9.94. The molecule has 2 N–H and O–H groups in total. The predicted molar refractivity (Wildman–Crippen MR) is 95.9 cm³/mol. The van der Waals surface area contributed by atoms with Gasteiger partial charge in [0.2, 0.25) is 5.91 Å². The predicted octanol–water partition coefficient (Wildman–Crippen LogP) is 2.90. The number of rotatable bonds is 6. The zero-order valence-electron chi connectivity index (χ0n) is 14.8. The summed E-state index contributed by atoms with van der Waals surface area (Å²) in [6.45, 7) is 5.27. The number of carbonyl (C=O) groups is 1. The zero-order valence-corrected chi connectivity index (χ0v) is 14.8. The van der Waals surface area contributed by atoms with Gasteiger partial charge in [0.25, 0.3) is 0 Å². The molecule has 132 valence electrons. The molecule has 1 aromatic heterocycles. The number of likely N-dealkylation sites (tertiary alicyclic amines) is 1. The Morgan fingerprint density at radius 1 is 1.42 bits per heavy atom. The van der Waals surface area contributed by atoms with Gasteiger partial charge in [0, 0.05) is 24.7 Å². The number of carbonyl (C=O) groups excluding carboxylic acids is 1. The Labute approximate surface area is 144 Å². The number of H-pyrrole nitrogens is 1. The summed E-state index contributed by atoms with van der Waals surface area (Å²) < 4.78 is 0. The van der Waals surface area contributed by atoms with E-state index < -0.39 is 0 Å². The van der Waals surface area contributed by atoms with E-state index in [9.17, 15) is 4.79 Å². The van der Waals surface area contributed by atoms with Gasteiger partial charge < -0.3 is 5.32 Å². The highest BCUT2D eigenvalue weighted by Crippen LogP contribution is 2.25. The van der Waals surface area contributed by atoms with Crippen LogP contribution in [0, 0.1) is 6.92 Å². The molecule has 1 amide bonds. The Balaban J connectivity index is 1.40. The van der Waals surface area contributed by atoms with Crippen LogP contribution in [-0.2, 0) is 4.79 Å². The lowest BCUT2D eigenvalue weighted by Gasteiger charge is -2.31. The highest BCUT2D eigenvalue weighted by atomic mass is 16.2. The van der Waals surface area contributed by atoms with Crippen LogP contribution in [0.2, 0.25) is 0 Å². The molecule has 5 nitrogen and oxygen atoms in total. The molecule has 0 spiro atoms. The summed E-state index contributed by atoms with van der Waals surface area (Å²) in [5.41, 5.74) is 3.77. The Morgan fingerprint density at radius 2 is 2.33 bits per heavy atom. The molecule has 0 aromatic carbocycles. The number of allylic oxidation sites excluding steroid dienone is 1. The molecule has 1 unspecified atom stereocenters. The van der Waals surface area contributed by atoms with Gasteiger partial charge in [0.05, 0.1) is 12.2 Å². The SMILES string of the molecule is Cc1cc(C2CCCN(CC(=O)NCCC3=CCCCC3)C2)n[nH]1. The van der Waals surface area contributed by atoms with Crippen LogP contribution in [0.4, 0.5) is 0 Å².